The Hall–Kier alpha value is -1.63. The predicted octanol–water partition coefficient (Wildman–Crippen LogP) is 3.35. The molecule has 2 amide bonds. The summed E-state index contributed by atoms with van der Waals surface area (Å²) in [6, 6.07) is 0.724. The average molecular weight is 364 g/mol. The lowest BCUT2D eigenvalue weighted by Crippen LogP contribution is -2.50. The Balaban J connectivity index is 1.42. The van der Waals surface area contributed by atoms with Crippen LogP contribution in [0.1, 0.15) is 89.4 Å². The van der Waals surface area contributed by atoms with Gasteiger partial charge in [-0.2, -0.15) is 4.98 Å². The fraction of sp³-hybridized carbons (Fsp3) is 0.842. The van der Waals surface area contributed by atoms with Gasteiger partial charge < -0.3 is 15.2 Å². The summed E-state index contributed by atoms with van der Waals surface area (Å²) in [5.74, 6) is 1.73. The molecule has 1 saturated carbocycles. The van der Waals surface area contributed by atoms with Gasteiger partial charge in [-0.25, -0.2) is 4.79 Å². The van der Waals surface area contributed by atoms with Crippen LogP contribution in [0.15, 0.2) is 4.52 Å². The van der Waals surface area contributed by atoms with E-state index in [1.807, 2.05) is 0 Å². The van der Waals surface area contributed by atoms with Gasteiger partial charge in [0.2, 0.25) is 5.89 Å². The summed E-state index contributed by atoms with van der Waals surface area (Å²) in [4.78, 5) is 19.1. The van der Waals surface area contributed by atoms with E-state index in [-0.39, 0.29) is 24.0 Å². The van der Waals surface area contributed by atoms with E-state index in [4.69, 9.17) is 4.52 Å². The molecule has 2 aliphatic rings. The highest BCUT2D eigenvalue weighted by atomic mass is 16.5. The van der Waals surface area contributed by atoms with E-state index in [9.17, 15) is 4.79 Å². The van der Waals surface area contributed by atoms with Gasteiger partial charge in [-0.15, -0.1) is 0 Å². The monoisotopic (exact) mass is 363 g/mol. The number of likely N-dealkylation sites (tertiary alicyclic amines) is 1. The first-order valence-electron chi connectivity index (χ1n) is 10.2. The first-order valence-corrected chi connectivity index (χ1v) is 10.2. The Morgan fingerprint density at radius 1 is 1.04 bits per heavy atom. The van der Waals surface area contributed by atoms with Crippen LogP contribution in [0.2, 0.25) is 0 Å². The van der Waals surface area contributed by atoms with Crippen molar-refractivity contribution in [3.05, 3.63) is 11.7 Å². The van der Waals surface area contributed by atoms with Crippen molar-refractivity contribution in [2.24, 2.45) is 0 Å². The van der Waals surface area contributed by atoms with Crippen molar-refractivity contribution >= 4 is 6.03 Å². The minimum Gasteiger partial charge on any atom is -0.338 e. The summed E-state index contributed by atoms with van der Waals surface area (Å²) in [6.07, 6.45) is 7.90. The third-order valence-electron chi connectivity index (χ3n) is 5.68. The van der Waals surface area contributed by atoms with E-state index < -0.39 is 0 Å². The van der Waals surface area contributed by atoms with Crippen LogP contribution < -0.4 is 10.6 Å². The van der Waals surface area contributed by atoms with Gasteiger partial charge in [0.1, 0.15) is 0 Å². The zero-order chi connectivity index (χ0) is 18.5. The maximum absolute atomic E-state index is 12.2. The van der Waals surface area contributed by atoms with Crippen molar-refractivity contribution in [2.45, 2.75) is 89.8 Å². The third-order valence-corrected chi connectivity index (χ3v) is 5.68. The number of piperidine rings is 1. The van der Waals surface area contributed by atoms with Crippen LogP contribution in [0, 0.1) is 0 Å². The molecule has 1 aromatic rings. The molecule has 0 spiro atoms. The lowest BCUT2D eigenvalue weighted by atomic mass is 9.96. The van der Waals surface area contributed by atoms with E-state index >= 15 is 0 Å². The molecule has 26 heavy (non-hydrogen) atoms. The molecule has 1 unspecified atom stereocenters. The van der Waals surface area contributed by atoms with Crippen molar-refractivity contribution < 1.29 is 9.32 Å². The number of hydrogen-bond donors (Lipinski definition) is 2. The largest absolute Gasteiger partial charge is 0.338 e. The van der Waals surface area contributed by atoms with Gasteiger partial charge in [0.05, 0.1) is 6.04 Å². The summed E-state index contributed by atoms with van der Waals surface area (Å²) in [5, 5.41) is 10.4. The van der Waals surface area contributed by atoms with Crippen molar-refractivity contribution in [2.75, 3.05) is 13.1 Å². The molecule has 0 aromatic carbocycles. The average Bonchev–Trinajstić information content (AvgIpc) is 3.13. The van der Waals surface area contributed by atoms with Crippen LogP contribution in [-0.4, -0.2) is 46.2 Å². The Morgan fingerprint density at radius 3 is 2.23 bits per heavy atom. The fourth-order valence-corrected chi connectivity index (χ4v) is 3.90. The van der Waals surface area contributed by atoms with Gasteiger partial charge in [0.25, 0.3) is 0 Å². The molecule has 0 bridgehead atoms. The van der Waals surface area contributed by atoms with E-state index in [0.717, 1.165) is 44.6 Å². The molecule has 7 heteroatoms. The molecule has 2 heterocycles. The van der Waals surface area contributed by atoms with Gasteiger partial charge in [-0.3, -0.25) is 4.90 Å². The van der Waals surface area contributed by atoms with Crippen LogP contribution in [0.25, 0.3) is 0 Å². The predicted molar refractivity (Wildman–Crippen MR) is 99.9 cm³/mol. The van der Waals surface area contributed by atoms with E-state index in [2.05, 4.69) is 46.4 Å². The minimum absolute atomic E-state index is 0.00174. The number of nitrogens with one attached hydrogen (secondary N) is 2. The van der Waals surface area contributed by atoms with Crippen LogP contribution in [0.3, 0.4) is 0 Å². The minimum atomic E-state index is 0.00174. The first kappa shape index (κ1) is 19.1. The Kier molecular flexibility index (Phi) is 6.51. The summed E-state index contributed by atoms with van der Waals surface area (Å²) in [5.41, 5.74) is 0. The highest BCUT2D eigenvalue weighted by molar-refractivity contribution is 5.74. The molecule has 7 nitrogen and oxygen atoms in total. The molecule has 3 rings (SSSR count). The highest BCUT2D eigenvalue weighted by Gasteiger charge is 2.28. The number of carbonyl (C=O) groups excluding carboxylic acids is 1. The quantitative estimate of drug-likeness (QED) is 0.838. The molecule has 1 aliphatic heterocycles. The topological polar surface area (TPSA) is 83.3 Å². The molecule has 1 aliphatic carbocycles. The molecule has 1 atom stereocenters. The number of carbonyl (C=O) groups is 1. The van der Waals surface area contributed by atoms with Crippen molar-refractivity contribution in [1.29, 1.82) is 0 Å². The van der Waals surface area contributed by atoms with Crippen molar-refractivity contribution in [3.63, 3.8) is 0 Å². The van der Waals surface area contributed by atoms with E-state index in [0.29, 0.717) is 11.9 Å². The molecule has 2 fully saturated rings. The Labute approximate surface area is 156 Å². The molecule has 1 aromatic heterocycles. The van der Waals surface area contributed by atoms with Crippen LogP contribution >= 0.6 is 0 Å². The number of nitrogens with zero attached hydrogens (tertiary/aromatic N) is 3. The van der Waals surface area contributed by atoms with Crippen LogP contribution in [0.4, 0.5) is 4.79 Å². The lowest BCUT2D eigenvalue weighted by Gasteiger charge is -2.35. The standard InChI is InChI=1S/C19H33N5O2/c1-13(2)17-22-18(26-23-17)14(3)24-11-9-16(10-12-24)21-19(25)20-15-7-5-4-6-8-15/h13-16H,4-12H2,1-3H3,(H2,20,21,25). The maximum Gasteiger partial charge on any atom is 0.315 e. The van der Waals surface area contributed by atoms with Gasteiger partial charge in [0, 0.05) is 31.1 Å². The molecule has 1 saturated heterocycles. The summed E-state index contributed by atoms with van der Waals surface area (Å²) in [7, 11) is 0. The highest BCUT2D eigenvalue weighted by Crippen LogP contribution is 2.24. The van der Waals surface area contributed by atoms with E-state index in [1.54, 1.807) is 0 Å². The maximum atomic E-state index is 12.2. The van der Waals surface area contributed by atoms with Gasteiger partial charge in [-0.05, 0) is 32.6 Å². The van der Waals surface area contributed by atoms with E-state index in [1.165, 1.54) is 19.3 Å². The summed E-state index contributed by atoms with van der Waals surface area (Å²) < 4.78 is 5.43. The second-order valence-corrected chi connectivity index (χ2v) is 8.08. The molecule has 2 N–H and O–H groups in total. The van der Waals surface area contributed by atoms with Gasteiger partial charge >= 0.3 is 6.03 Å². The SMILES string of the molecule is CC(C)c1noc(C(C)N2CCC(NC(=O)NC3CCCCC3)CC2)n1. The van der Waals surface area contributed by atoms with Gasteiger partial charge in [-0.1, -0.05) is 38.3 Å². The molecule has 0 radical (unpaired) electrons. The van der Waals surface area contributed by atoms with Crippen molar-refractivity contribution in [1.82, 2.24) is 25.7 Å². The molecular formula is C19H33N5O2. The number of aromatic nitrogens is 2. The number of hydrogen-bond acceptors (Lipinski definition) is 5. The lowest BCUT2D eigenvalue weighted by molar-refractivity contribution is 0.130. The van der Waals surface area contributed by atoms with Crippen LogP contribution in [0.5, 0.6) is 0 Å². The zero-order valence-electron chi connectivity index (χ0n) is 16.3. The molecular weight excluding hydrogens is 330 g/mol. The van der Waals surface area contributed by atoms with Crippen LogP contribution in [-0.2, 0) is 0 Å². The van der Waals surface area contributed by atoms with Gasteiger partial charge in [0.15, 0.2) is 5.82 Å². The number of amides is 2. The first-order chi connectivity index (χ1) is 12.5. The fourth-order valence-electron chi connectivity index (χ4n) is 3.90. The Morgan fingerprint density at radius 2 is 1.65 bits per heavy atom. The van der Waals surface area contributed by atoms with Crippen molar-refractivity contribution in [3.8, 4) is 0 Å². The third kappa shape index (κ3) is 4.96. The number of urea groups is 1. The molecule has 146 valence electrons. The normalized spacial score (nSPS) is 21.7. The number of rotatable bonds is 5. The summed E-state index contributed by atoms with van der Waals surface area (Å²) >= 11 is 0. The zero-order valence-corrected chi connectivity index (χ0v) is 16.3. The Bertz CT molecular complexity index is 574. The second kappa shape index (κ2) is 8.84. The second-order valence-electron chi connectivity index (χ2n) is 8.08. The summed E-state index contributed by atoms with van der Waals surface area (Å²) in [6.45, 7) is 8.09. The smallest absolute Gasteiger partial charge is 0.315 e.